The van der Waals surface area contributed by atoms with Crippen LogP contribution in [0.5, 0.6) is 5.75 Å². The highest BCUT2D eigenvalue weighted by atomic mass is 16.3. The van der Waals surface area contributed by atoms with Crippen LogP contribution in [0.25, 0.3) is 0 Å². The second-order valence-corrected chi connectivity index (χ2v) is 4.35. The molecule has 0 bridgehead atoms. The summed E-state index contributed by atoms with van der Waals surface area (Å²) in [5.41, 5.74) is 2.69. The van der Waals surface area contributed by atoms with Crippen LogP contribution >= 0.6 is 0 Å². The number of aryl methyl sites for hydroxylation is 1. The molecular formula is C15H16N2O2. The van der Waals surface area contributed by atoms with Gasteiger partial charge in [-0.25, -0.2) is 4.79 Å². The van der Waals surface area contributed by atoms with Crippen molar-refractivity contribution in [2.75, 3.05) is 5.32 Å². The fraction of sp³-hybridized carbons (Fsp3) is 0.133. The lowest BCUT2D eigenvalue weighted by molar-refractivity contribution is 0.251. The van der Waals surface area contributed by atoms with E-state index in [1.165, 1.54) is 0 Å². The largest absolute Gasteiger partial charge is 0.508 e. The van der Waals surface area contributed by atoms with Gasteiger partial charge in [0, 0.05) is 12.2 Å². The van der Waals surface area contributed by atoms with Gasteiger partial charge in [0.05, 0.1) is 0 Å². The predicted octanol–water partition coefficient (Wildman–Crippen LogP) is 3.02. The maximum absolute atomic E-state index is 11.7. The Morgan fingerprint density at radius 1 is 1.16 bits per heavy atom. The first kappa shape index (κ1) is 13.0. The first-order valence-corrected chi connectivity index (χ1v) is 6.03. The summed E-state index contributed by atoms with van der Waals surface area (Å²) in [6.07, 6.45) is 0. The van der Waals surface area contributed by atoms with Crippen LogP contribution in [0.2, 0.25) is 0 Å². The number of phenolic OH excluding ortho intramolecular Hbond substituents is 1. The van der Waals surface area contributed by atoms with Crippen molar-refractivity contribution < 1.29 is 9.90 Å². The molecular weight excluding hydrogens is 240 g/mol. The number of nitrogens with one attached hydrogen (secondary N) is 2. The first-order valence-electron chi connectivity index (χ1n) is 6.03. The van der Waals surface area contributed by atoms with Crippen molar-refractivity contribution in [1.82, 2.24) is 5.32 Å². The van der Waals surface area contributed by atoms with Crippen LogP contribution in [0.4, 0.5) is 10.5 Å². The second-order valence-electron chi connectivity index (χ2n) is 4.35. The molecule has 0 saturated carbocycles. The Morgan fingerprint density at radius 2 is 1.95 bits per heavy atom. The molecule has 0 atom stereocenters. The van der Waals surface area contributed by atoms with Gasteiger partial charge in [-0.2, -0.15) is 0 Å². The number of benzene rings is 2. The van der Waals surface area contributed by atoms with E-state index >= 15 is 0 Å². The highest BCUT2D eigenvalue weighted by Gasteiger charge is 2.02. The third-order valence-electron chi connectivity index (χ3n) is 2.64. The van der Waals surface area contributed by atoms with Gasteiger partial charge in [-0.3, -0.25) is 0 Å². The number of carbonyl (C=O) groups is 1. The zero-order valence-corrected chi connectivity index (χ0v) is 10.7. The van der Waals surface area contributed by atoms with Crippen molar-refractivity contribution in [2.24, 2.45) is 0 Å². The number of phenols is 1. The van der Waals surface area contributed by atoms with E-state index in [-0.39, 0.29) is 11.8 Å². The Bertz CT molecular complexity index is 582. The molecule has 4 nitrogen and oxygen atoms in total. The molecule has 3 N–H and O–H groups in total. The number of hydrogen-bond donors (Lipinski definition) is 3. The van der Waals surface area contributed by atoms with E-state index in [1.54, 1.807) is 18.2 Å². The van der Waals surface area contributed by atoms with Gasteiger partial charge >= 0.3 is 6.03 Å². The summed E-state index contributed by atoms with van der Waals surface area (Å²) in [5, 5.41) is 14.8. The predicted molar refractivity (Wildman–Crippen MR) is 75.1 cm³/mol. The Kier molecular flexibility index (Phi) is 4.03. The zero-order chi connectivity index (χ0) is 13.7. The van der Waals surface area contributed by atoms with Crippen molar-refractivity contribution in [3.05, 3.63) is 59.7 Å². The van der Waals surface area contributed by atoms with Gasteiger partial charge < -0.3 is 15.7 Å². The van der Waals surface area contributed by atoms with Crippen LogP contribution in [0.3, 0.4) is 0 Å². The SMILES string of the molecule is Cc1cccc(NC(=O)NCc2cccc(O)c2)c1. The van der Waals surface area contributed by atoms with Crippen molar-refractivity contribution >= 4 is 11.7 Å². The van der Waals surface area contributed by atoms with Gasteiger partial charge in [0.1, 0.15) is 5.75 Å². The van der Waals surface area contributed by atoms with E-state index in [0.29, 0.717) is 6.54 Å². The van der Waals surface area contributed by atoms with Crippen LogP contribution in [-0.4, -0.2) is 11.1 Å². The lowest BCUT2D eigenvalue weighted by Gasteiger charge is -2.08. The molecule has 0 heterocycles. The lowest BCUT2D eigenvalue weighted by Crippen LogP contribution is -2.28. The Labute approximate surface area is 112 Å². The molecule has 98 valence electrons. The molecule has 0 aliphatic heterocycles. The summed E-state index contributed by atoms with van der Waals surface area (Å²) in [7, 11) is 0. The summed E-state index contributed by atoms with van der Waals surface area (Å²) in [6, 6.07) is 14.1. The third kappa shape index (κ3) is 4.03. The summed E-state index contributed by atoms with van der Waals surface area (Å²) in [6.45, 7) is 2.34. The van der Waals surface area contributed by atoms with E-state index in [0.717, 1.165) is 16.8 Å². The summed E-state index contributed by atoms with van der Waals surface area (Å²) >= 11 is 0. The van der Waals surface area contributed by atoms with Crippen molar-refractivity contribution in [1.29, 1.82) is 0 Å². The molecule has 0 fully saturated rings. The lowest BCUT2D eigenvalue weighted by atomic mass is 10.2. The second kappa shape index (κ2) is 5.91. The van der Waals surface area contributed by atoms with Crippen LogP contribution in [-0.2, 0) is 6.54 Å². The Balaban J connectivity index is 1.88. The van der Waals surface area contributed by atoms with E-state index in [1.807, 2.05) is 37.3 Å². The molecule has 4 heteroatoms. The highest BCUT2D eigenvalue weighted by molar-refractivity contribution is 5.89. The standard InChI is InChI=1S/C15H16N2O2/c1-11-4-2-6-13(8-11)17-15(19)16-10-12-5-3-7-14(18)9-12/h2-9,18H,10H2,1H3,(H2,16,17,19). The number of amides is 2. The molecule has 0 radical (unpaired) electrons. The fourth-order valence-electron chi connectivity index (χ4n) is 1.75. The average molecular weight is 256 g/mol. The summed E-state index contributed by atoms with van der Waals surface area (Å²) in [4.78, 5) is 11.7. The summed E-state index contributed by atoms with van der Waals surface area (Å²) < 4.78 is 0. The van der Waals surface area contributed by atoms with E-state index in [2.05, 4.69) is 10.6 Å². The number of hydrogen-bond acceptors (Lipinski definition) is 2. The van der Waals surface area contributed by atoms with Gasteiger partial charge in [-0.15, -0.1) is 0 Å². The average Bonchev–Trinajstić information content (AvgIpc) is 2.36. The number of aromatic hydroxyl groups is 1. The van der Waals surface area contributed by atoms with Gasteiger partial charge in [0.25, 0.3) is 0 Å². The maximum atomic E-state index is 11.7. The zero-order valence-electron chi connectivity index (χ0n) is 10.7. The molecule has 19 heavy (non-hydrogen) atoms. The van der Waals surface area contributed by atoms with Crippen LogP contribution in [0.15, 0.2) is 48.5 Å². The number of carbonyl (C=O) groups excluding carboxylic acids is 1. The van der Waals surface area contributed by atoms with Crippen molar-refractivity contribution in [2.45, 2.75) is 13.5 Å². The van der Waals surface area contributed by atoms with E-state index in [4.69, 9.17) is 0 Å². The smallest absolute Gasteiger partial charge is 0.319 e. The van der Waals surface area contributed by atoms with Crippen LogP contribution in [0, 0.1) is 6.92 Å². The summed E-state index contributed by atoms with van der Waals surface area (Å²) in [5.74, 6) is 0.193. The molecule has 2 amide bonds. The Hall–Kier alpha value is -2.49. The van der Waals surface area contributed by atoms with Gasteiger partial charge in [0.15, 0.2) is 0 Å². The minimum Gasteiger partial charge on any atom is -0.508 e. The number of urea groups is 1. The number of anilines is 1. The minimum atomic E-state index is -0.269. The van der Waals surface area contributed by atoms with E-state index in [9.17, 15) is 9.90 Å². The topological polar surface area (TPSA) is 61.4 Å². The molecule has 0 aliphatic carbocycles. The van der Waals surface area contributed by atoms with Gasteiger partial charge in [0.2, 0.25) is 0 Å². The fourth-order valence-corrected chi connectivity index (χ4v) is 1.75. The van der Waals surface area contributed by atoms with Crippen molar-refractivity contribution in [3.63, 3.8) is 0 Å². The normalized spacial score (nSPS) is 9.95. The van der Waals surface area contributed by atoms with E-state index < -0.39 is 0 Å². The molecule has 2 aromatic carbocycles. The first-order chi connectivity index (χ1) is 9.13. The molecule has 0 spiro atoms. The molecule has 0 unspecified atom stereocenters. The monoisotopic (exact) mass is 256 g/mol. The molecule has 0 saturated heterocycles. The Morgan fingerprint density at radius 3 is 2.68 bits per heavy atom. The third-order valence-corrected chi connectivity index (χ3v) is 2.64. The van der Waals surface area contributed by atoms with Crippen molar-refractivity contribution in [3.8, 4) is 5.75 Å². The number of rotatable bonds is 3. The minimum absolute atomic E-state index is 0.193. The molecule has 2 aromatic rings. The quantitative estimate of drug-likeness (QED) is 0.790. The highest BCUT2D eigenvalue weighted by Crippen LogP contribution is 2.11. The van der Waals surface area contributed by atoms with Gasteiger partial charge in [-0.1, -0.05) is 24.3 Å². The van der Waals surface area contributed by atoms with Crippen LogP contribution in [0.1, 0.15) is 11.1 Å². The molecule has 0 aromatic heterocycles. The van der Waals surface area contributed by atoms with Gasteiger partial charge in [-0.05, 0) is 42.3 Å². The molecule has 0 aliphatic rings. The molecule has 2 rings (SSSR count). The maximum Gasteiger partial charge on any atom is 0.319 e. The van der Waals surface area contributed by atoms with Crippen LogP contribution < -0.4 is 10.6 Å².